The Morgan fingerprint density at radius 2 is 1.06 bits per heavy atom. The standard InChI is InChI=1S/C17H10O12S3/c18-15-8-3-1-6-10(30(21,22)23)5-11(31(24,25)26)7-2-4-9(13(8)12(6)7)16(32(27,28)29)14(15)17(19)20/h1-5,18H,(H,19,20)(H,21,22,23)(H,24,25,26)(H,27,28,29). The summed E-state index contributed by atoms with van der Waals surface area (Å²) >= 11 is 0. The summed E-state index contributed by atoms with van der Waals surface area (Å²) in [5.41, 5.74) is -1.16. The third kappa shape index (κ3) is 3.06. The lowest BCUT2D eigenvalue weighted by Crippen LogP contribution is -2.11. The molecule has 0 saturated carbocycles. The molecule has 15 heteroatoms. The van der Waals surface area contributed by atoms with Gasteiger partial charge >= 0.3 is 5.97 Å². The minimum absolute atomic E-state index is 0.322. The maximum atomic E-state index is 12.0. The summed E-state index contributed by atoms with van der Waals surface area (Å²) in [6.07, 6.45) is 0. The van der Waals surface area contributed by atoms with E-state index < -0.39 is 67.7 Å². The van der Waals surface area contributed by atoms with Crippen LogP contribution in [0.5, 0.6) is 5.75 Å². The first-order valence-electron chi connectivity index (χ1n) is 8.21. The van der Waals surface area contributed by atoms with Gasteiger partial charge in [0, 0.05) is 32.3 Å². The first kappa shape index (κ1) is 22.1. The van der Waals surface area contributed by atoms with Crippen molar-refractivity contribution in [3.05, 3.63) is 35.9 Å². The molecule has 0 aliphatic heterocycles. The zero-order chi connectivity index (χ0) is 24.0. The molecule has 12 nitrogen and oxygen atoms in total. The van der Waals surface area contributed by atoms with E-state index in [9.17, 15) is 53.9 Å². The summed E-state index contributed by atoms with van der Waals surface area (Å²) in [6.45, 7) is 0. The van der Waals surface area contributed by atoms with E-state index in [-0.39, 0.29) is 26.9 Å². The molecule has 0 amide bonds. The lowest BCUT2D eigenvalue weighted by Gasteiger charge is -2.18. The maximum Gasteiger partial charge on any atom is 0.340 e. The van der Waals surface area contributed by atoms with Gasteiger partial charge in [-0.3, -0.25) is 13.7 Å². The number of carbonyl (C=O) groups is 1. The molecule has 0 fully saturated rings. The number of hydrogen-bond acceptors (Lipinski definition) is 8. The van der Waals surface area contributed by atoms with Gasteiger partial charge in [-0.05, 0) is 12.1 Å². The lowest BCUT2D eigenvalue weighted by molar-refractivity contribution is 0.0689. The van der Waals surface area contributed by atoms with Gasteiger partial charge < -0.3 is 10.2 Å². The third-order valence-corrected chi connectivity index (χ3v) is 7.67. The molecule has 4 aromatic carbocycles. The molecule has 0 bridgehead atoms. The van der Waals surface area contributed by atoms with Gasteiger partial charge in [0.2, 0.25) is 0 Å². The van der Waals surface area contributed by atoms with Crippen LogP contribution in [0.4, 0.5) is 0 Å². The minimum Gasteiger partial charge on any atom is -0.506 e. The number of carboxylic acid groups (broad SMARTS) is 1. The van der Waals surface area contributed by atoms with Gasteiger partial charge in [0.15, 0.2) is 0 Å². The molecule has 0 radical (unpaired) electrons. The summed E-state index contributed by atoms with van der Waals surface area (Å²) in [6, 6.07) is 4.44. The molecule has 0 spiro atoms. The molecule has 32 heavy (non-hydrogen) atoms. The number of phenols is 1. The van der Waals surface area contributed by atoms with Crippen LogP contribution in [0, 0.1) is 0 Å². The first-order valence-corrected chi connectivity index (χ1v) is 12.5. The molecule has 168 valence electrons. The molecular weight excluding hydrogens is 492 g/mol. The quantitative estimate of drug-likeness (QED) is 0.199. The fourth-order valence-electron chi connectivity index (χ4n) is 3.84. The molecule has 4 rings (SSSR count). The van der Waals surface area contributed by atoms with E-state index in [0.29, 0.717) is 6.07 Å². The van der Waals surface area contributed by atoms with Crippen molar-refractivity contribution in [2.24, 2.45) is 0 Å². The molecule has 0 atom stereocenters. The van der Waals surface area contributed by atoms with Crippen LogP contribution in [0.1, 0.15) is 10.4 Å². The van der Waals surface area contributed by atoms with Crippen LogP contribution in [0.2, 0.25) is 0 Å². The van der Waals surface area contributed by atoms with E-state index in [4.69, 9.17) is 0 Å². The second-order valence-electron chi connectivity index (χ2n) is 6.73. The van der Waals surface area contributed by atoms with E-state index >= 15 is 0 Å². The normalized spacial score (nSPS) is 13.3. The predicted octanol–water partition coefficient (Wildman–Crippen LogP) is 1.73. The number of aromatic hydroxyl groups is 1. The second kappa shape index (κ2) is 6.47. The molecule has 5 N–H and O–H groups in total. The maximum absolute atomic E-state index is 12.0. The summed E-state index contributed by atoms with van der Waals surface area (Å²) < 4.78 is 101. The summed E-state index contributed by atoms with van der Waals surface area (Å²) in [7, 11) is -15.4. The van der Waals surface area contributed by atoms with Gasteiger partial charge in [-0.1, -0.05) is 18.2 Å². The highest BCUT2D eigenvalue weighted by Crippen LogP contribution is 2.46. The van der Waals surface area contributed by atoms with Crippen LogP contribution in [0.25, 0.3) is 32.3 Å². The molecule has 0 aliphatic carbocycles. The Morgan fingerprint density at radius 3 is 1.47 bits per heavy atom. The number of aromatic carboxylic acids is 1. The highest BCUT2D eigenvalue weighted by Gasteiger charge is 2.32. The largest absolute Gasteiger partial charge is 0.506 e. The van der Waals surface area contributed by atoms with Crippen molar-refractivity contribution in [2.75, 3.05) is 0 Å². The van der Waals surface area contributed by atoms with E-state index in [1.54, 1.807) is 0 Å². The van der Waals surface area contributed by atoms with Crippen molar-refractivity contribution in [3.8, 4) is 5.75 Å². The van der Waals surface area contributed by atoms with Crippen molar-refractivity contribution >= 4 is 68.6 Å². The molecule has 0 aromatic heterocycles. The Morgan fingerprint density at radius 1 is 0.656 bits per heavy atom. The summed E-state index contributed by atoms with van der Waals surface area (Å²) in [5.74, 6) is -3.00. The second-order valence-corrected chi connectivity index (χ2v) is 10.9. The monoisotopic (exact) mass is 502 g/mol. The summed E-state index contributed by atoms with van der Waals surface area (Å²) in [4.78, 5) is 8.54. The van der Waals surface area contributed by atoms with Crippen molar-refractivity contribution in [3.63, 3.8) is 0 Å². The fraction of sp³-hybridized carbons (Fsp3) is 0. The van der Waals surface area contributed by atoms with Crippen molar-refractivity contribution < 1.29 is 53.9 Å². The Labute approximate surface area is 178 Å². The van der Waals surface area contributed by atoms with E-state index in [2.05, 4.69) is 0 Å². The molecule has 0 aliphatic rings. The van der Waals surface area contributed by atoms with E-state index in [0.717, 1.165) is 24.3 Å². The number of benzene rings is 4. The Balaban J connectivity index is 2.50. The van der Waals surface area contributed by atoms with Crippen LogP contribution in [-0.2, 0) is 30.4 Å². The minimum atomic E-state index is -5.28. The highest BCUT2D eigenvalue weighted by molar-refractivity contribution is 7.87. The molecule has 0 unspecified atom stereocenters. The highest BCUT2D eigenvalue weighted by atomic mass is 32.2. The van der Waals surface area contributed by atoms with Gasteiger partial charge in [-0.2, -0.15) is 25.3 Å². The van der Waals surface area contributed by atoms with Crippen molar-refractivity contribution in [1.82, 2.24) is 0 Å². The third-order valence-electron chi connectivity index (χ3n) is 4.95. The van der Waals surface area contributed by atoms with E-state index in [1.807, 2.05) is 0 Å². The van der Waals surface area contributed by atoms with E-state index in [1.165, 1.54) is 0 Å². The Hall–Kier alpha value is -3.08. The Bertz CT molecular complexity index is 1770. The molecule has 0 heterocycles. The Kier molecular flexibility index (Phi) is 4.47. The van der Waals surface area contributed by atoms with Gasteiger partial charge in [0.1, 0.15) is 26.0 Å². The molecule has 0 saturated heterocycles. The number of rotatable bonds is 4. The zero-order valence-electron chi connectivity index (χ0n) is 15.2. The van der Waals surface area contributed by atoms with Crippen molar-refractivity contribution in [2.45, 2.75) is 14.7 Å². The van der Waals surface area contributed by atoms with Crippen molar-refractivity contribution in [1.29, 1.82) is 0 Å². The average molecular weight is 502 g/mol. The number of carboxylic acids is 1. The smallest absolute Gasteiger partial charge is 0.340 e. The van der Waals surface area contributed by atoms with Crippen LogP contribution >= 0.6 is 0 Å². The van der Waals surface area contributed by atoms with Gasteiger partial charge in [0.05, 0.1) is 0 Å². The molecular formula is C17H10O12S3. The topological polar surface area (TPSA) is 221 Å². The predicted molar refractivity (Wildman–Crippen MR) is 108 cm³/mol. The SMILES string of the molecule is O=C(O)c1c(O)c2ccc3c(S(=O)(=O)O)cc(S(=O)(=O)O)c4ccc(c1S(=O)(=O)O)c2c34. The van der Waals surface area contributed by atoms with Crippen LogP contribution in [0.3, 0.4) is 0 Å². The average Bonchev–Trinajstić information content (AvgIpc) is 2.63. The fourth-order valence-corrected chi connectivity index (χ4v) is 6.23. The lowest BCUT2D eigenvalue weighted by atomic mass is 9.92. The summed E-state index contributed by atoms with van der Waals surface area (Å²) in [5, 5.41) is 17.8. The van der Waals surface area contributed by atoms with Crippen LogP contribution in [0.15, 0.2) is 45.0 Å². The zero-order valence-corrected chi connectivity index (χ0v) is 17.7. The van der Waals surface area contributed by atoms with Gasteiger partial charge in [-0.25, -0.2) is 4.79 Å². The van der Waals surface area contributed by atoms with Gasteiger partial charge in [-0.15, -0.1) is 0 Å². The van der Waals surface area contributed by atoms with Gasteiger partial charge in [0.25, 0.3) is 30.4 Å². The first-order chi connectivity index (χ1) is 14.5. The van der Waals surface area contributed by atoms with Crippen LogP contribution in [-0.4, -0.2) is 55.1 Å². The number of hydrogen-bond donors (Lipinski definition) is 5. The molecule has 4 aromatic rings. The van der Waals surface area contributed by atoms with Crippen LogP contribution < -0.4 is 0 Å².